The summed E-state index contributed by atoms with van der Waals surface area (Å²) in [7, 11) is -1.79. The highest BCUT2D eigenvalue weighted by atomic mass is 32.2. The molecule has 8 heteroatoms. The van der Waals surface area contributed by atoms with Crippen LogP contribution in [0.2, 0.25) is 0 Å². The summed E-state index contributed by atoms with van der Waals surface area (Å²) in [6.07, 6.45) is 8.31. The number of fused-ring (bicyclic) bond motifs is 1. The molecule has 1 saturated heterocycles. The first-order valence-corrected chi connectivity index (χ1v) is 10.8. The van der Waals surface area contributed by atoms with Crippen LogP contribution in [-0.2, 0) is 28.3 Å². The van der Waals surface area contributed by atoms with Crippen LogP contribution < -0.4 is 5.32 Å². The summed E-state index contributed by atoms with van der Waals surface area (Å²) < 4.78 is 30.3. The number of hydrogen-bond acceptors (Lipinski definition) is 4. The van der Waals surface area contributed by atoms with Crippen molar-refractivity contribution in [1.29, 1.82) is 0 Å². The molecule has 144 valence electrons. The van der Waals surface area contributed by atoms with Crippen LogP contribution in [0.3, 0.4) is 0 Å². The molecule has 27 heavy (non-hydrogen) atoms. The Balaban J connectivity index is 1.71. The lowest BCUT2D eigenvalue weighted by atomic mass is 10.0. The fourth-order valence-electron chi connectivity index (χ4n) is 3.97. The molecule has 2 aliphatic rings. The SMILES string of the molecule is Cn1cc(C2CCCCCN2S(=O)(=O)c2ccc3c(c2)CCC(=O)N3)cn1. The average Bonchev–Trinajstić information content (AvgIpc) is 2.92. The molecule has 0 saturated carbocycles. The molecule has 0 radical (unpaired) electrons. The summed E-state index contributed by atoms with van der Waals surface area (Å²) >= 11 is 0. The number of aryl methyl sites for hydroxylation is 2. The third-order valence-electron chi connectivity index (χ3n) is 5.39. The second-order valence-electron chi connectivity index (χ2n) is 7.30. The van der Waals surface area contributed by atoms with Gasteiger partial charge in [-0.1, -0.05) is 12.8 Å². The zero-order chi connectivity index (χ0) is 19.0. The quantitative estimate of drug-likeness (QED) is 0.876. The predicted molar refractivity (Wildman–Crippen MR) is 102 cm³/mol. The maximum atomic E-state index is 13.5. The summed E-state index contributed by atoms with van der Waals surface area (Å²) in [5.41, 5.74) is 2.53. The van der Waals surface area contributed by atoms with Gasteiger partial charge < -0.3 is 5.32 Å². The van der Waals surface area contributed by atoms with Crippen molar-refractivity contribution in [1.82, 2.24) is 14.1 Å². The number of anilines is 1. The molecule has 1 N–H and O–H groups in total. The Morgan fingerprint density at radius 3 is 2.81 bits per heavy atom. The Hall–Kier alpha value is -2.19. The lowest BCUT2D eigenvalue weighted by Crippen LogP contribution is -2.35. The van der Waals surface area contributed by atoms with E-state index in [0.717, 1.165) is 36.8 Å². The zero-order valence-electron chi connectivity index (χ0n) is 15.4. The molecule has 1 aromatic heterocycles. The molecule has 2 aromatic rings. The number of sulfonamides is 1. The predicted octanol–water partition coefficient (Wildman–Crippen LogP) is 2.61. The third kappa shape index (κ3) is 3.51. The minimum Gasteiger partial charge on any atom is -0.326 e. The molecule has 3 heterocycles. The third-order valence-corrected chi connectivity index (χ3v) is 7.30. The summed E-state index contributed by atoms with van der Waals surface area (Å²) in [4.78, 5) is 11.8. The molecule has 0 aliphatic carbocycles. The minimum atomic E-state index is -3.64. The van der Waals surface area contributed by atoms with Gasteiger partial charge in [0.2, 0.25) is 15.9 Å². The van der Waals surface area contributed by atoms with Crippen molar-refractivity contribution in [3.05, 3.63) is 41.7 Å². The van der Waals surface area contributed by atoms with Crippen LogP contribution >= 0.6 is 0 Å². The highest BCUT2D eigenvalue weighted by Crippen LogP contribution is 2.35. The van der Waals surface area contributed by atoms with Gasteiger partial charge in [0.25, 0.3) is 0 Å². The lowest BCUT2D eigenvalue weighted by Gasteiger charge is -2.29. The first-order chi connectivity index (χ1) is 12.9. The Kier molecular flexibility index (Phi) is 4.77. The highest BCUT2D eigenvalue weighted by Gasteiger charge is 2.34. The minimum absolute atomic E-state index is 0.0257. The van der Waals surface area contributed by atoms with Crippen molar-refractivity contribution in [3.63, 3.8) is 0 Å². The van der Waals surface area contributed by atoms with E-state index in [2.05, 4.69) is 10.4 Å². The van der Waals surface area contributed by atoms with E-state index in [1.165, 1.54) is 0 Å². The number of amides is 1. The van der Waals surface area contributed by atoms with Crippen LogP contribution in [-0.4, -0.2) is 35.0 Å². The van der Waals surface area contributed by atoms with E-state index >= 15 is 0 Å². The molecule has 1 amide bonds. The molecule has 1 atom stereocenters. The monoisotopic (exact) mass is 388 g/mol. The molecule has 2 aliphatic heterocycles. The second-order valence-corrected chi connectivity index (χ2v) is 9.19. The number of aromatic nitrogens is 2. The van der Waals surface area contributed by atoms with Gasteiger partial charge in [0, 0.05) is 37.5 Å². The maximum Gasteiger partial charge on any atom is 0.243 e. The molecule has 0 spiro atoms. The molecule has 0 bridgehead atoms. The molecule has 1 aromatic carbocycles. The van der Waals surface area contributed by atoms with Gasteiger partial charge in [-0.2, -0.15) is 9.40 Å². The van der Waals surface area contributed by atoms with E-state index in [9.17, 15) is 13.2 Å². The largest absolute Gasteiger partial charge is 0.326 e. The Morgan fingerprint density at radius 1 is 1.19 bits per heavy atom. The van der Waals surface area contributed by atoms with Crippen molar-refractivity contribution >= 4 is 21.6 Å². The number of hydrogen-bond donors (Lipinski definition) is 1. The topological polar surface area (TPSA) is 84.3 Å². The summed E-state index contributed by atoms with van der Waals surface area (Å²) in [5, 5.41) is 7.04. The summed E-state index contributed by atoms with van der Waals surface area (Å²) in [6, 6.07) is 4.83. The van der Waals surface area contributed by atoms with E-state index in [4.69, 9.17) is 0 Å². The van der Waals surface area contributed by atoms with Crippen LogP contribution in [0.5, 0.6) is 0 Å². The molecule has 1 unspecified atom stereocenters. The van der Waals surface area contributed by atoms with Crippen LogP contribution in [0.4, 0.5) is 5.69 Å². The van der Waals surface area contributed by atoms with Gasteiger partial charge in [-0.15, -0.1) is 0 Å². The average molecular weight is 388 g/mol. The number of carbonyl (C=O) groups excluding carboxylic acids is 1. The summed E-state index contributed by atoms with van der Waals surface area (Å²) in [6.45, 7) is 0.510. The molecular weight excluding hydrogens is 364 g/mol. The molecule has 1 fully saturated rings. The van der Waals surface area contributed by atoms with Gasteiger partial charge in [-0.05, 0) is 43.0 Å². The van der Waals surface area contributed by atoms with E-state index in [1.54, 1.807) is 33.4 Å². The van der Waals surface area contributed by atoms with Crippen molar-refractivity contribution < 1.29 is 13.2 Å². The fraction of sp³-hybridized carbons (Fsp3) is 0.474. The Bertz CT molecular complexity index is 967. The fourth-order valence-corrected chi connectivity index (χ4v) is 5.70. The van der Waals surface area contributed by atoms with Crippen molar-refractivity contribution in [2.45, 2.75) is 49.5 Å². The Labute approximate surface area is 159 Å². The van der Waals surface area contributed by atoms with Gasteiger partial charge >= 0.3 is 0 Å². The van der Waals surface area contributed by atoms with E-state index in [0.29, 0.717) is 30.0 Å². The van der Waals surface area contributed by atoms with Crippen LogP contribution in [0, 0.1) is 0 Å². The number of carbonyl (C=O) groups is 1. The van der Waals surface area contributed by atoms with Gasteiger partial charge in [0.1, 0.15) is 0 Å². The van der Waals surface area contributed by atoms with Crippen molar-refractivity contribution in [2.75, 3.05) is 11.9 Å². The normalized spacial score (nSPS) is 21.4. The first kappa shape index (κ1) is 18.2. The van der Waals surface area contributed by atoms with Gasteiger partial charge in [-0.25, -0.2) is 8.42 Å². The van der Waals surface area contributed by atoms with Crippen molar-refractivity contribution in [2.24, 2.45) is 7.05 Å². The smallest absolute Gasteiger partial charge is 0.243 e. The van der Waals surface area contributed by atoms with E-state index in [1.807, 2.05) is 13.2 Å². The molecule has 4 rings (SSSR count). The highest BCUT2D eigenvalue weighted by molar-refractivity contribution is 7.89. The standard InChI is InChI=1S/C19H24N4O3S/c1-22-13-15(12-20-22)18-5-3-2-4-10-23(18)27(25,26)16-7-8-17-14(11-16)6-9-19(24)21-17/h7-8,11-13,18H,2-6,9-10H2,1H3,(H,21,24). The first-order valence-electron chi connectivity index (χ1n) is 9.38. The van der Waals surface area contributed by atoms with Crippen molar-refractivity contribution in [3.8, 4) is 0 Å². The number of rotatable bonds is 3. The Morgan fingerprint density at radius 2 is 2.04 bits per heavy atom. The van der Waals surface area contributed by atoms with E-state index in [-0.39, 0.29) is 11.9 Å². The van der Waals surface area contributed by atoms with Crippen LogP contribution in [0.25, 0.3) is 0 Å². The van der Waals surface area contributed by atoms with Gasteiger partial charge in [0.05, 0.1) is 17.1 Å². The number of benzene rings is 1. The maximum absolute atomic E-state index is 13.5. The number of nitrogens with one attached hydrogen (secondary N) is 1. The van der Waals surface area contributed by atoms with Gasteiger partial charge in [-0.3, -0.25) is 9.48 Å². The second kappa shape index (κ2) is 7.09. The number of nitrogens with zero attached hydrogens (tertiary/aromatic N) is 3. The van der Waals surface area contributed by atoms with Crippen LogP contribution in [0.1, 0.15) is 49.3 Å². The molecular formula is C19H24N4O3S. The summed E-state index contributed by atoms with van der Waals surface area (Å²) in [5.74, 6) is -0.0257. The lowest BCUT2D eigenvalue weighted by molar-refractivity contribution is -0.116. The van der Waals surface area contributed by atoms with Gasteiger partial charge in [0.15, 0.2) is 0 Å². The zero-order valence-corrected chi connectivity index (χ0v) is 16.2. The van der Waals surface area contributed by atoms with Crippen LogP contribution in [0.15, 0.2) is 35.5 Å². The molecule has 7 nitrogen and oxygen atoms in total. The van der Waals surface area contributed by atoms with E-state index < -0.39 is 10.0 Å².